The molecule has 0 radical (unpaired) electrons. The van der Waals surface area contributed by atoms with Crippen LogP contribution in [0.4, 0.5) is 0 Å². The highest BCUT2D eigenvalue weighted by molar-refractivity contribution is 6.31. The Hall–Kier alpha value is -1.88. The van der Waals surface area contributed by atoms with Crippen molar-refractivity contribution in [1.82, 2.24) is 14.5 Å². The van der Waals surface area contributed by atoms with E-state index in [4.69, 9.17) is 16.6 Å². The topological polar surface area (TPSA) is 55.2 Å². The number of benzene rings is 1. The fourth-order valence-corrected chi connectivity index (χ4v) is 4.17. The number of carbonyl (C=O) groups excluding carboxylic acids is 1. The van der Waals surface area contributed by atoms with Gasteiger partial charge in [0.05, 0.1) is 16.9 Å². The fraction of sp³-hybridized carbons (Fsp3) is 0.550. The van der Waals surface area contributed by atoms with E-state index in [1.54, 1.807) is 22.8 Å². The molecule has 1 aliphatic rings. The molecular formula is C20H26ClN3O2. The summed E-state index contributed by atoms with van der Waals surface area (Å²) in [5.74, 6) is 0.935. The molecule has 140 valence electrons. The third kappa shape index (κ3) is 3.37. The minimum absolute atomic E-state index is 0.105. The summed E-state index contributed by atoms with van der Waals surface area (Å²) >= 11 is 6.05. The Morgan fingerprint density at radius 2 is 2.04 bits per heavy atom. The van der Waals surface area contributed by atoms with E-state index in [1.807, 2.05) is 25.7 Å². The van der Waals surface area contributed by atoms with Crippen LogP contribution in [0.2, 0.25) is 5.02 Å². The van der Waals surface area contributed by atoms with E-state index in [0.29, 0.717) is 34.8 Å². The van der Waals surface area contributed by atoms with Crippen molar-refractivity contribution in [3.8, 4) is 0 Å². The lowest BCUT2D eigenvalue weighted by atomic mass is 10.1. The van der Waals surface area contributed by atoms with Crippen LogP contribution in [-0.2, 0) is 11.3 Å². The first-order valence-electron chi connectivity index (χ1n) is 9.48. The Balaban J connectivity index is 2.05. The zero-order valence-corrected chi connectivity index (χ0v) is 16.4. The average Bonchev–Trinajstić information content (AvgIpc) is 3.17. The van der Waals surface area contributed by atoms with E-state index in [2.05, 4.69) is 0 Å². The van der Waals surface area contributed by atoms with Crippen LogP contribution in [0.3, 0.4) is 0 Å². The molecule has 1 aromatic carbocycles. The van der Waals surface area contributed by atoms with E-state index in [-0.39, 0.29) is 23.4 Å². The van der Waals surface area contributed by atoms with Gasteiger partial charge in [0, 0.05) is 24.0 Å². The number of hydrogen-bond acceptors (Lipinski definition) is 3. The predicted octanol–water partition coefficient (Wildman–Crippen LogP) is 4.17. The average molecular weight is 376 g/mol. The molecule has 0 N–H and O–H groups in total. The van der Waals surface area contributed by atoms with Gasteiger partial charge >= 0.3 is 0 Å². The second kappa shape index (κ2) is 7.78. The summed E-state index contributed by atoms with van der Waals surface area (Å²) in [6, 6.07) is 4.92. The summed E-state index contributed by atoms with van der Waals surface area (Å²) in [7, 11) is 0. The molecule has 5 nitrogen and oxygen atoms in total. The minimum Gasteiger partial charge on any atom is -0.333 e. The van der Waals surface area contributed by atoms with Gasteiger partial charge in [-0.05, 0) is 51.8 Å². The lowest BCUT2D eigenvalue weighted by Crippen LogP contribution is -2.40. The van der Waals surface area contributed by atoms with Crippen LogP contribution in [0, 0.1) is 5.92 Å². The van der Waals surface area contributed by atoms with Crippen LogP contribution in [0.25, 0.3) is 10.9 Å². The largest absolute Gasteiger partial charge is 0.333 e. The van der Waals surface area contributed by atoms with Crippen molar-refractivity contribution in [3.63, 3.8) is 0 Å². The maximum absolute atomic E-state index is 13.0. The number of nitrogens with zero attached hydrogens (tertiary/aromatic N) is 3. The molecule has 0 spiro atoms. The van der Waals surface area contributed by atoms with Gasteiger partial charge in [-0.3, -0.25) is 14.2 Å². The zero-order chi connectivity index (χ0) is 18.8. The molecule has 1 fully saturated rings. The molecule has 1 heterocycles. The van der Waals surface area contributed by atoms with Gasteiger partial charge in [0.1, 0.15) is 5.82 Å². The highest BCUT2D eigenvalue weighted by Gasteiger charge is 2.31. The van der Waals surface area contributed by atoms with E-state index in [9.17, 15) is 9.59 Å². The van der Waals surface area contributed by atoms with Gasteiger partial charge in [-0.25, -0.2) is 4.98 Å². The summed E-state index contributed by atoms with van der Waals surface area (Å²) in [5.41, 5.74) is 0.515. The summed E-state index contributed by atoms with van der Waals surface area (Å²) in [6.07, 6.45) is 4.17. The Morgan fingerprint density at radius 1 is 1.35 bits per heavy atom. The molecule has 1 amide bonds. The van der Waals surface area contributed by atoms with Gasteiger partial charge in [0.2, 0.25) is 5.91 Å². The van der Waals surface area contributed by atoms with Gasteiger partial charge in [-0.15, -0.1) is 0 Å². The van der Waals surface area contributed by atoms with Gasteiger partial charge in [0.15, 0.2) is 0 Å². The quantitative estimate of drug-likeness (QED) is 0.788. The van der Waals surface area contributed by atoms with Crippen molar-refractivity contribution in [1.29, 1.82) is 0 Å². The van der Waals surface area contributed by atoms with Crippen molar-refractivity contribution in [3.05, 3.63) is 39.4 Å². The van der Waals surface area contributed by atoms with Crippen molar-refractivity contribution in [2.24, 2.45) is 5.92 Å². The standard InChI is InChI=1S/C20H26ClN3O2/c1-4-23(19(25)14-8-6-7-9-14)13(3)18-22-17-11-10-15(21)12-16(17)20(26)24(18)5-2/h10-14H,4-9H2,1-3H3. The Labute approximate surface area is 159 Å². The lowest BCUT2D eigenvalue weighted by molar-refractivity contribution is -0.137. The molecule has 1 aromatic heterocycles. The summed E-state index contributed by atoms with van der Waals surface area (Å²) in [6.45, 7) is 6.98. The minimum atomic E-state index is -0.249. The van der Waals surface area contributed by atoms with Crippen LogP contribution >= 0.6 is 11.6 Å². The number of rotatable bonds is 5. The molecule has 2 aromatic rings. The van der Waals surface area contributed by atoms with Gasteiger partial charge in [0.25, 0.3) is 5.56 Å². The molecule has 1 saturated carbocycles. The Morgan fingerprint density at radius 3 is 2.65 bits per heavy atom. The van der Waals surface area contributed by atoms with Crippen LogP contribution in [-0.4, -0.2) is 26.9 Å². The highest BCUT2D eigenvalue weighted by atomic mass is 35.5. The molecule has 0 aliphatic heterocycles. The Kier molecular flexibility index (Phi) is 5.66. The maximum atomic E-state index is 13.0. The van der Waals surface area contributed by atoms with E-state index >= 15 is 0 Å². The van der Waals surface area contributed by atoms with Crippen LogP contribution in [0.15, 0.2) is 23.0 Å². The number of hydrogen-bond donors (Lipinski definition) is 0. The summed E-state index contributed by atoms with van der Waals surface area (Å²) in [5, 5.41) is 1.03. The smallest absolute Gasteiger partial charge is 0.261 e. The van der Waals surface area contributed by atoms with Crippen molar-refractivity contribution < 1.29 is 4.79 Å². The van der Waals surface area contributed by atoms with E-state index in [1.165, 1.54) is 0 Å². The summed E-state index contributed by atoms with van der Waals surface area (Å²) < 4.78 is 1.66. The maximum Gasteiger partial charge on any atom is 0.261 e. The monoisotopic (exact) mass is 375 g/mol. The molecule has 0 saturated heterocycles. The third-order valence-corrected chi connectivity index (χ3v) is 5.67. The highest BCUT2D eigenvalue weighted by Crippen LogP contribution is 2.30. The molecule has 1 aliphatic carbocycles. The molecular weight excluding hydrogens is 350 g/mol. The normalized spacial score (nSPS) is 16.2. The Bertz CT molecular complexity index is 871. The number of halogens is 1. The third-order valence-electron chi connectivity index (χ3n) is 5.43. The van der Waals surface area contributed by atoms with E-state index in [0.717, 1.165) is 25.7 Å². The van der Waals surface area contributed by atoms with Gasteiger partial charge < -0.3 is 4.90 Å². The van der Waals surface area contributed by atoms with Crippen molar-refractivity contribution in [2.45, 2.75) is 59.0 Å². The molecule has 1 atom stereocenters. The summed E-state index contributed by atoms with van der Waals surface area (Å²) in [4.78, 5) is 32.5. The number of aromatic nitrogens is 2. The molecule has 0 bridgehead atoms. The van der Waals surface area contributed by atoms with E-state index < -0.39 is 0 Å². The second-order valence-electron chi connectivity index (χ2n) is 6.96. The SMILES string of the molecule is CCN(C(=O)C1CCCC1)C(C)c1nc2ccc(Cl)cc2c(=O)n1CC. The number of fused-ring (bicyclic) bond motifs is 1. The number of amides is 1. The molecule has 1 unspecified atom stereocenters. The first-order valence-corrected chi connectivity index (χ1v) is 9.86. The predicted molar refractivity (Wildman–Crippen MR) is 104 cm³/mol. The zero-order valence-electron chi connectivity index (χ0n) is 15.7. The lowest BCUT2D eigenvalue weighted by Gasteiger charge is -2.31. The van der Waals surface area contributed by atoms with Crippen LogP contribution in [0.5, 0.6) is 0 Å². The molecule has 3 rings (SSSR count). The van der Waals surface area contributed by atoms with Gasteiger partial charge in [-0.2, -0.15) is 0 Å². The first kappa shape index (κ1) is 18.9. The van der Waals surface area contributed by atoms with Crippen molar-refractivity contribution in [2.75, 3.05) is 6.54 Å². The second-order valence-corrected chi connectivity index (χ2v) is 7.40. The molecule has 6 heteroatoms. The van der Waals surface area contributed by atoms with Crippen LogP contribution < -0.4 is 5.56 Å². The van der Waals surface area contributed by atoms with Gasteiger partial charge in [-0.1, -0.05) is 24.4 Å². The number of carbonyl (C=O) groups is 1. The molecule has 26 heavy (non-hydrogen) atoms. The fourth-order valence-electron chi connectivity index (χ4n) is 4.00. The first-order chi connectivity index (χ1) is 12.5. The van der Waals surface area contributed by atoms with Crippen LogP contribution in [0.1, 0.15) is 58.3 Å². The van der Waals surface area contributed by atoms with Crippen molar-refractivity contribution >= 4 is 28.4 Å².